The van der Waals surface area contributed by atoms with E-state index in [0.717, 1.165) is 6.08 Å². The van der Waals surface area contributed by atoms with Gasteiger partial charge >= 0.3 is 0 Å². The molecule has 0 saturated carbocycles. The first-order valence-corrected chi connectivity index (χ1v) is 9.82. The van der Waals surface area contributed by atoms with Gasteiger partial charge < -0.3 is 21.1 Å². The van der Waals surface area contributed by atoms with E-state index in [0.29, 0.717) is 0 Å². The van der Waals surface area contributed by atoms with Crippen molar-refractivity contribution in [2.45, 2.75) is 47.2 Å². The van der Waals surface area contributed by atoms with Crippen molar-refractivity contribution < 1.29 is 23.9 Å². The van der Waals surface area contributed by atoms with Crippen LogP contribution >= 0.6 is 0 Å². The minimum Gasteiger partial charge on any atom is -0.503 e. The minimum atomic E-state index is -0.746. The van der Waals surface area contributed by atoms with Crippen molar-refractivity contribution in [3.05, 3.63) is 48.0 Å². The molecule has 8 nitrogen and oxygen atoms in total. The number of hydrogen-bond donors (Lipinski definition) is 4. The topological polar surface area (TPSA) is 125 Å². The highest BCUT2D eigenvalue weighted by Gasteiger charge is 2.27. The molecule has 2 amide bonds. The fourth-order valence-electron chi connectivity index (χ4n) is 2.20. The average molecular weight is 443 g/mol. The number of halogens is 1. The van der Waals surface area contributed by atoms with Crippen molar-refractivity contribution in [2.24, 2.45) is 11.7 Å². The highest BCUT2D eigenvalue weighted by Crippen LogP contribution is 2.17. The van der Waals surface area contributed by atoms with E-state index in [1.165, 1.54) is 36.2 Å². The molecule has 0 rings (SSSR count). The van der Waals surface area contributed by atoms with E-state index in [9.17, 15) is 23.9 Å². The van der Waals surface area contributed by atoms with Gasteiger partial charge in [-0.25, -0.2) is 4.39 Å². The summed E-state index contributed by atoms with van der Waals surface area (Å²) in [6, 6.07) is 0. The molecule has 0 aromatic rings. The molecule has 178 valence electrons. The molecule has 0 saturated heterocycles. The number of rotatable bonds is 10. The number of aliphatic hydroxyl groups is 1. The summed E-state index contributed by atoms with van der Waals surface area (Å²) < 4.78 is 10.6. The predicted octanol–water partition coefficient (Wildman–Crippen LogP) is 2.71. The Balaban J connectivity index is -0.000000647. The van der Waals surface area contributed by atoms with Gasteiger partial charge in [0.05, 0.1) is 6.17 Å². The molecule has 0 heterocycles. The first kappa shape index (κ1) is 32.7. The van der Waals surface area contributed by atoms with Crippen molar-refractivity contribution >= 4 is 18.1 Å². The van der Waals surface area contributed by atoms with Gasteiger partial charge in [0.15, 0.2) is 17.7 Å². The first-order chi connectivity index (χ1) is 14.5. The lowest BCUT2D eigenvalue weighted by molar-refractivity contribution is -0.120. The van der Waals surface area contributed by atoms with Crippen LogP contribution in [0.3, 0.4) is 0 Å². The van der Waals surface area contributed by atoms with E-state index in [1.807, 2.05) is 13.8 Å². The Morgan fingerprint density at radius 2 is 1.77 bits per heavy atom. The first-order valence-electron chi connectivity index (χ1n) is 9.82. The summed E-state index contributed by atoms with van der Waals surface area (Å²) in [4.78, 5) is 35.0. The number of amides is 2. The Morgan fingerprint density at radius 1 is 1.26 bits per heavy atom. The molecular weight excluding hydrogens is 403 g/mol. The molecule has 1 unspecified atom stereocenters. The molecule has 31 heavy (non-hydrogen) atoms. The Bertz CT molecular complexity index is 639. The normalized spacial score (nSPS) is 11.6. The summed E-state index contributed by atoms with van der Waals surface area (Å²) in [7, 11) is 3.01. The molecular formula is C22H39FN4O4. The number of likely N-dealkylation sites (N-methyl/N-ethyl adjacent to an activating group) is 1. The van der Waals surface area contributed by atoms with Crippen LogP contribution in [0.2, 0.25) is 0 Å². The lowest BCUT2D eigenvalue weighted by Gasteiger charge is -2.34. The summed E-state index contributed by atoms with van der Waals surface area (Å²) in [5.74, 6) is -2.15. The zero-order valence-electron chi connectivity index (χ0n) is 19.7. The van der Waals surface area contributed by atoms with Crippen LogP contribution in [0.5, 0.6) is 0 Å². The number of nitrogens with zero attached hydrogens (tertiary/aromatic N) is 1. The maximum absolute atomic E-state index is 11.9. The second-order valence-corrected chi connectivity index (χ2v) is 6.67. The summed E-state index contributed by atoms with van der Waals surface area (Å²) in [6.45, 7) is 12.8. The standard InChI is InChI=1S/C13H22N4O4.C6H12.C3H5F/c1-8(2)12(15-3)17(6-5-10(14)20)11(9(19)7-18)13(21)16-4;1-4-5-6(2)3;1-2-3-4/h5-8,12,15,19H,1-4H3,(H2,14,20)(H,16,21);5H,4H2,1-3H3;2H,1,3H2/b6-5+,11-9+;;. The fourth-order valence-corrected chi connectivity index (χ4v) is 2.20. The lowest BCUT2D eigenvalue weighted by atomic mass is 10.1. The number of primary amides is 1. The lowest BCUT2D eigenvalue weighted by Crippen LogP contribution is -2.47. The number of hydrogen-bond acceptors (Lipinski definition) is 6. The second kappa shape index (κ2) is 20.3. The Kier molecular flexibility index (Phi) is 21.5. The number of allylic oxidation sites excluding steroid dienone is 4. The number of alkyl halides is 1. The third-order valence-electron chi connectivity index (χ3n) is 3.40. The van der Waals surface area contributed by atoms with Gasteiger partial charge in [0.2, 0.25) is 5.91 Å². The Morgan fingerprint density at radius 3 is 2.00 bits per heavy atom. The van der Waals surface area contributed by atoms with Crippen LogP contribution in [0.4, 0.5) is 4.39 Å². The average Bonchev–Trinajstić information content (AvgIpc) is 2.71. The van der Waals surface area contributed by atoms with Gasteiger partial charge in [-0.15, -0.1) is 6.58 Å². The highest BCUT2D eigenvalue weighted by atomic mass is 19.1. The SMILES string of the molecule is C=CCF.CCC=C(C)C.CNC(=O)/C(=C(\O)C=O)N(/C=C/C(N)=O)C(NC)C(C)C. The van der Waals surface area contributed by atoms with Crippen LogP contribution in [0.1, 0.15) is 41.0 Å². The molecule has 9 heteroatoms. The van der Waals surface area contributed by atoms with E-state index in [1.54, 1.807) is 7.05 Å². The third kappa shape index (κ3) is 16.5. The van der Waals surface area contributed by atoms with Crippen molar-refractivity contribution in [2.75, 3.05) is 20.8 Å². The van der Waals surface area contributed by atoms with Crippen LogP contribution in [-0.2, 0) is 14.4 Å². The molecule has 1 atom stereocenters. The number of carbonyl (C=O) groups is 3. The molecule has 0 aliphatic carbocycles. The molecule has 0 aromatic heterocycles. The smallest absolute Gasteiger partial charge is 0.271 e. The van der Waals surface area contributed by atoms with E-state index in [-0.39, 0.29) is 17.9 Å². The molecule has 0 radical (unpaired) electrons. The molecule has 0 fully saturated rings. The van der Waals surface area contributed by atoms with Crippen LogP contribution < -0.4 is 16.4 Å². The largest absolute Gasteiger partial charge is 0.503 e. The number of carbonyl (C=O) groups excluding carboxylic acids is 3. The fraction of sp³-hybridized carbons (Fsp3) is 0.500. The van der Waals surface area contributed by atoms with Gasteiger partial charge in [-0.1, -0.05) is 38.5 Å². The quantitative estimate of drug-likeness (QED) is 0.136. The van der Waals surface area contributed by atoms with Crippen molar-refractivity contribution in [3.63, 3.8) is 0 Å². The van der Waals surface area contributed by atoms with Gasteiger partial charge in [-0.05, 0) is 33.2 Å². The summed E-state index contributed by atoms with van der Waals surface area (Å²) in [6.07, 6.45) is 6.57. The summed E-state index contributed by atoms with van der Waals surface area (Å²) in [5, 5.41) is 15.0. The molecule has 0 aliphatic rings. The molecule has 0 aliphatic heterocycles. The van der Waals surface area contributed by atoms with Crippen LogP contribution in [0, 0.1) is 5.92 Å². The zero-order chi connectivity index (χ0) is 25.0. The molecule has 0 spiro atoms. The maximum atomic E-state index is 11.9. The molecule has 5 N–H and O–H groups in total. The number of aliphatic hydroxyl groups excluding tert-OH is 1. The number of nitrogens with one attached hydrogen (secondary N) is 2. The zero-order valence-corrected chi connectivity index (χ0v) is 19.7. The Hall–Kier alpha value is -2.94. The van der Waals surface area contributed by atoms with E-state index in [4.69, 9.17) is 5.73 Å². The monoisotopic (exact) mass is 442 g/mol. The Labute approximate surface area is 185 Å². The minimum absolute atomic E-state index is 0.00775. The van der Waals surface area contributed by atoms with Crippen molar-refractivity contribution in [3.8, 4) is 0 Å². The van der Waals surface area contributed by atoms with Crippen LogP contribution in [0.15, 0.2) is 48.0 Å². The van der Waals surface area contributed by atoms with Crippen LogP contribution in [-0.4, -0.2) is 55.0 Å². The maximum Gasteiger partial charge on any atom is 0.271 e. The molecule has 0 bridgehead atoms. The van der Waals surface area contributed by atoms with E-state index >= 15 is 0 Å². The summed E-state index contributed by atoms with van der Waals surface area (Å²) >= 11 is 0. The molecule has 0 aromatic carbocycles. The predicted molar refractivity (Wildman–Crippen MR) is 124 cm³/mol. The third-order valence-corrected chi connectivity index (χ3v) is 3.40. The van der Waals surface area contributed by atoms with E-state index < -0.39 is 30.4 Å². The van der Waals surface area contributed by atoms with Gasteiger partial charge in [-0.3, -0.25) is 19.7 Å². The van der Waals surface area contributed by atoms with Gasteiger partial charge in [0.25, 0.3) is 5.91 Å². The van der Waals surface area contributed by atoms with Crippen molar-refractivity contribution in [1.29, 1.82) is 0 Å². The van der Waals surface area contributed by atoms with Crippen molar-refractivity contribution in [1.82, 2.24) is 15.5 Å². The number of nitrogens with two attached hydrogens (primary N) is 1. The summed E-state index contributed by atoms with van der Waals surface area (Å²) in [5.41, 5.74) is 6.19. The van der Waals surface area contributed by atoms with E-state index in [2.05, 4.69) is 44.1 Å². The number of aldehydes is 1. The highest BCUT2D eigenvalue weighted by molar-refractivity contribution is 5.97. The van der Waals surface area contributed by atoms with Crippen LogP contribution in [0.25, 0.3) is 0 Å². The van der Waals surface area contributed by atoms with Gasteiger partial charge in [0, 0.05) is 19.3 Å². The van der Waals surface area contributed by atoms with Gasteiger partial charge in [-0.2, -0.15) is 0 Å². The van der Waals surface area contributed by atoms with Gasteiger partial charge in [0.1, 0.15) is 6.67 Å². The second-order valence-electron chi connectivity index (χ2n) is 6.67.